The lowest BCUT2D eigenvalue weighted by Gasteiger charge is -2.22. The lowest BCUT2D eigenvalue weighted by Crippen LogP contribution is -2.33. The van der Waals surface area contributed by atoms with Crippen LogP contribution in [0.4, 0.5) is 11.4 Å². The van der Waals surface area contributed by atoms with E-state index < -0.39 is 7.12 Å². The first-order chi connectivity index (χ1) is 13.2. The number of anilines is 2. The van der Waals surface area contributed by atoms with Crippen molar-refractivity contribution in [3.63, 3.8) is 0 Å². The standard InChI is InChI=1S/C19H19BN4O3/c21-17-11-22-23-18-9-13(3-5-15(17)18)16-10-14(20(26)27-12-25)4-6-19(16)24-7-1-2-8-24/h3-6,9-12,26H,1-2,7-8H2,(H2,21,23). The molecule has 8 heteroatoms. The fourth-order valence-corrected chi connectivity index (χ4v) is 3.55. The molecular formula is C19H19BN4O3. The highest BCUT2D eigenvalue weighted by atomic mass is 16.5. The van der Waals surface area contributed by atoms with Crippen molar-refractivity contribution in [3.05, 3.63) is 42.6 Å². The summed E-state index contributed by atoms with van der Waals surface area (Å²) in [7, 11) is -1.30. The van der Waals surface area contributed by atoms with Gasteiger partial charge in [-0.25, -0.2) is 0 Å². The maximum absolute atomic E-state index is 10.6. The van der Waals surface area contributed by atoms with Gasteiger partial charge in [-0.2, -0.15) is 10.2 Å². The van der Waals surface area contributed by atoms with Crippen LogP contribution in [-0.2, 0) is 9.45 Å². The van der Waals surface area contributed by atoms with Gasteiger partial charge in [0.1, 0.15) is 0 Å². The summed E-state index contributed by atoms with van der Waals surface area (Å²) < 4.78 is 4.69. The van der Waals surface area contributed by atoms with E-state index in [-0.39, 0.29) is 6.47 Å². The van der Waals surface area contributed by atoms with Crippen LogP contribution < -0.4 is 16.1 Å². The van der Waals surface area contributed by atoms with Crippen molar-refractivity contribution < 1.29 is 14.5 Å². The molecule has 0 amide bonds. The van der Waals surface area contributed by atoms with Crippen molar-refractivity contribution >= 4 is 41.3 Å². The third-order valence-electron chi connectivity index (χ3n) is 4.92. The molecule has 3 aromatic rings. The van der Waals surface area contributed by atoms with Gasteiger partial charge in [-0.3, -0.25) is 4.79 Å². The first-order valence-corrected chi connectivity index (χ1v) is 8.85. The maximum Gasteiger partial charge on any atom is 0.561 e. The first-order valence-electron chi connectivity index (χ1n) is 8.85. The van der Waals surface area contributed by atoms with Gasteiger partial charge < -0.3 is 20.3 Å². The monoisotopic (exact) mass is 362 g/mol. The summed E-state index contributed by atoms with van der Waals surface area (Å²) in [6, 6.07) is 11.4. The summed E-state index contributed by atoms with van der Waals surface area (Å²) in [6.07, 6.45) is 3.83. The number of carbonyl (C=O) groups is 1. The molecule has 0 saturated carbocycles. The number of aromatic nitrogens is 2. The first kappa shape index (κ1) is 17.3. The SMILES string of the molecule is Nc1cnnc2cc(-c3cc(B(O)OC=O)ccc3N3CCCC3)ccc12. The molecule has 0 bridgehead atoms. The fourth-order valence-electron chi connectivity index (χ4n) is 3.55. The minimum Gasteiger partial charge on any atom is -0.508 e. The Morgan fingerprint density at radius 2 is 2.00 bits per heavy atom. The summed E-state index contributed by atoms with van der Waals surface area (Å²) in [5.41, 5.74) is 10.7. The van der Waals surface area contributed by atoms with Crippen molar-refractivity contribution in [1.82, 2.24) is 10.2 Å². The normalized spacial score (nSPS) is 13.7. The number of carbonyl (C=O) groups excluding carboxylic acids is 1. The zero-order valence-corrected chi connectivity index (χ0v) is 14.7. The molecule has 0 spiro atoms. The van der Waals surface area contributed by atoms with Gasteiger partial charge in [0, 0.05) is 29.7 Å². The molecule has 4 rings (SSSR count). The smallest absolute Gasteiger partial charge is 0.508 e. The third-order valence-corrected chi connectivity index (χ3v) is 4.92. The Bertz CT molecular complexity index is 992. The highest BCUT2D eigenvalue weighted by Gasteiger charge is 2.23. The van der Waals surface area contributed by atoms with Crippen LogP contribution in [0.5, 0.6) is 0 Å². The largest absolute Gasteiger partial charge is 0.561 e. The zero-order chi connectivity index (χ0) is 18.8. The lowest BCUT2D eigenvalue weighted by atomic mass is 9.78. The van der Waals surface area contributed by atoms with Gasteiger partial charge in [0.25, 0.3) is 6.47 Å². The Morgan fingerprint density at radius 1 is 1.19 bits per heavy atom. The Hall–Kier alpha value is -3.13. The number of nitrogens with zero attached hydrogens (tertiary/aromatic N) is 3. The van der Waals surface area contributed by atoms with Crippen LogP contribution >= 0.6 is 0 Å². The number of nitrogen functional groups attached to an aromatic ring is 1. The lowest BCUT2D eigenvalue weighted by molar-refractivity contribution is -0.121. The molecule has 1 aromatic heterocycles. The second-order valence-electron chi connectivity index (χ2n) is 6.59. The second-order valence-corrected chi connectivity index (χ2v) is 6.59. The zero-order valence-electron chi connectivity index (χ0n) is 14.7. The molecule has 0 radical (unpaired) electrons. The predicted octanol–water partition coefficient (Wildman–Crippen LogP) is 1.34. The Balaban J connectivity index is 1.85. The van der Waals surface area contributed by atoms with Gasteiger partial charge >= 0.3 is 7.12 Å². The molecule has 0 atom stereocenters. The molecule has 0 unspecified atom stereocenters. The van der Waals surface area contributed by atoms with E-state index >= 15 is 0 Å². The van der Waals surface area contributed by atoms with Crippen molar-refractivity contribution in [1.29, 1.82) is 0 Å². The minimum absolute atomic E-state index is 0.243. The maximum atomic E-state index is 10.6. The van der Waals surface area contributed by atoms with Crippen molar-refractivity contribution in [2.75, 3.05) is 23.7 Å². The number of fused-ring (bicyclic) bond motifs is 1. The predicted molar refractivity (Wildman–Crippen MR) is 106 cm³/mol. The van der Waals surface area contributed by atoms with E-state index in [4.69, 9.17) is 10.4 Å². The van der Waals surface area contributed by atoms with Crippen molar-refractivity contribution in [2.24, 2.45) is 0 Å². The molecule has 1 aliphatic rings. The van der Waals surface area contributed by atoms with Gasteiger partial charge in [0.05, 0.1) is 17.4 Å². The number of rotatable bonds is 5. The number of hydrogen-bond acceptors (Lipinski definition) is 7. The molecule has 2 aromatic carbocycles. The van der Waals surface area contributed by atoms with Crippen LogP contribution in [0.1, 0.15) is 12.8 Å². The van der Waals surface area contributed by atoms with E-state index in [9.17, 15) is 9.82 Å². The summed E-state index contributed by atoms with van der Waals surface area (Å²) in [4.78, 5) is 12.9. The van der Waals surface area contributed by atoms with Crippen LogP contribution in [0.3, 0.4) is 0 Å². The van der Waals surface area contributed by atoms with Crippen LogP contribution in [0.15, 0.2) is 42.6 Å². The average Bonchev–Trinajstić information content (AvgIpc) is 3.22. The number of benzene rings is 2. The summed E-state index contributed by atoms with van der Waals surface area (Å²) in [5, 5.41) is 19.0. The molecule has 3 N–H and O–H groups in total. The molecule has 27 heavy (non-hydrogen) atoms. The highest BCUT2D eigenvalue weighted by molar-refractivity contribution is 6.61. The van der Waals surface area contributed by atoms with Gasteiger partial charge in [-0.1, -0.05) is 18.2 Å². The highest BCUT2D eigenvalue weighted by Crippen LogP contribution is 2.34. The average molecular weight is 362 g/mol. The van der Waals surface area contributed by atoms with E-state index in [1.807, 2.05) is 30.3 Å². The van der Waals surface area contributed by atoms with Crippen molar-refractivity contribution in [2.45, 2.75) is 12.8 Å². The van der Waals surface area contributed by atoms with E-state index in [0.717, 1.165) is 48.1 Å². The molecule has 2 heterocycles. The number of hydrogen-bond donors (Lipinski definition) is 2. The Labute approximate surface area is 156 Å². The van der Waals surface area contributed by atoms with Gasteiger partial charge in [-0.15, -0.1) is 0 Å². The Kier molecular flexibility index (Phi) is 4.64. The molecule has 136 valence electrons. The minimum atomic E-state index is -1.30. The van der Waals surface area contributed by atoms with E-state index in [1.165, 1.54) is 6.20 Å². The topological polar surface area (TPSA) is 102 Å². The molecule has 1 aliphatic heterocycles. The van der Waals surface area contributed by atoms with E-state index in [0.29, 0.717) is 16.7 Å². The fraction of sp³-hybridized carbons (Fsp3) is 0.211. The van der Waals surface area contributed by atoms with Crippen LogP contribution in [0.25, 0.3) is 22.0 Å². The molecule has 1 fully saturated rings. The third kappa shape index (κ3) is 3.31. The molecule has 7 nitrogen and oxygen atoms in total. The van der Waals surface area contributed by atoms with Crippen LogP contribution in [0, 0.1) is 0 Å². The summed E-state index contributed by atoms with van der Waals surface area (Å²) >= 11 is 0. The van der Waals surface area contributed by atoms with E-state index in [2.05, 4.69) is 15.1 Å². The van der Waals surface area contributed by atoms with E-state index in [1.54, 1.807) is 6.07 Å². The quantitative estimate of drug-likeness (QED) is 0.522. The van der Waals surface area contributed by atoms with Gasteiger partial charge in [0.15, 0.2) is 0 Å². The van der Waals surface area contributed by atoms with Crippen molar-refractivity contribution in [3.8, 4) is 11.1 Å². The Morgan fingerprint density at radius 3 is 2.78 bits per heavy atom. The molecule has 0 aliphatic carbocycles. The van der Waals surface area contributed by atoms with Gasteiger partial charge in [-0.05, 0) is 42.1 Å². The van der Waals surface area contributed by atoms with Gasteiger partial charge in [0.2, 0.25) is 0 Å². The molecule has 1 saturated heterocycles. The summed E-state index contributed by atoms with van der Waals surface area (Å²) in [6.45, 7) is 2.22. The number of nitrogens with two attached hydrogens (primary N) is 1. The molecular weight excluding hydrogens is 343 g/mol. The summed E-state index contributed by atoms with van der Waals surface area (Å²) in [5.74, 6) is 0. The van der Waals surface area contributed by atoms with Crippen LogP contribution in [-0.4, -0.2) is 41.9 Å². The second kappa shape index (κ2) is 7.24. The van der Waals surface area contributed by atoms with Crippen LogP contribution in [0.2, 0.25) is 0 Å².